The van der Waals surface area contributed by atoms with Crippen LogP contribution in [-0.2, 0) is 26.1 Å². The van der Waals surface area contributed by atoms with Gasteiger partial charge in [0, 0.05) is 67.1 Å². The molecular weight excluding hydrogens is 572 g/mol. The number of nitrogens with one attached hydrogen (secondary N) is 2. The Bertz CT molecular complexity index is 1890. The molecule has 0 spiro atoms. The first-order valence-corrected chi connectivity index (χ1v) is 16.4. The van der Waals surface area contributed by atoms with Crippen LogP contribution in [0.5, 0.6) is 0 Å². The van der Waals surface area contributed by atoms with Crippen molar-refractivity contribution in [2.24, 2.45) is 0 Å². The Morgan fingerprint density at radius 1 is 0.957 bits per heavy atom. The summed E-state index contributed by atoms with van der Waals surface area (Å²) in [4.78, 5) is 33.2. The molecule has 3 aliphatic heterocycles. The number of urea groups is 1. The second-order valence-electron chi connectivity index (χ2n) is 13.1. The molecule has 8 rings (SSSR count). The molecule has 0 aliphatic carbocycles. The number of likely N-dealkylation sites (tertiary alicyclic amines) is 1. The maximum atomic E-state index is 13.4. The fourth-order valence-corrected chi connectivity index (χ4v) is 7.82. The molecule has 2 amide bonds. The van der Waals surface area contributed by atoms with Gasteiger partial charge in [-0.15, -0.1) is 0 Å². The molecule has 4 N–H and O–H groups in total. The molecule has 3 aromatic carbocycles. The molecule has 2 bridgehead atoms. The summed E-state index contributed by atoms with van der Waals surface area (Å²) in [5.74, 6) is 0.208. The van der Waals surface area contributed by atoms with Crippen LogP contribution in [0.15, 0.2) is 72.8 Å². The summed E-state index contributed by atoms with van der Waals surface area (Å²) in [6.07, 6.45) is 3.32. The summed E-state index contributed by atoms with van der Waals surface area (Å²) >= 11 is 0. The maximum Gasteiger partial charge on any atom is 0.322 e. The zero-order valence-corrected chi connectivity index (χ0v) is 26.5. The summed E-state index contributed by atoms with van der Waals surface area (Å²) < 4.78 is 0. The lowest BCUT2D eigenvalue weighted by Crippen LogP contribution is -2.51. The Balaban J connectivity index is 1.06. The molecule has 9 heteroatoms. The predicted molar refractivity (Wildman–Crippen MR) is 183 cm³/mol. The van der Waals surface area contributed by atoms with Crippen molar-refractivity contribution in [1.82, 2.24) is 29.7 Å². The van der Waals surface area contributed by atoms with Gasteiger partial charge in [0.25, 0.3) is 0 Å². The predicted octanol–water partition coefficient (Wildman–Crippen LogP) is 6.26. The number of piperazine rings is 1. The van der Waals surface area contributed by atoms with Gasteiger partial charge >= 0.3 is 6.03 Å². The largest absolute Gasteiger partial charge is 0.368 e. The van der Waals surface area contributed by atoms with Crippen molar-refractivity contribution < 1.29 is 4.79 Å². The lowest BCUT2D eigenvalue weighted by Gasteiger charge is -2.39. The molecule has 5 heterocycles. The number of amides is 2. The molecule has 2 aromatic heterocycles. The number of aromatic amines is 1. The number of nitrogen functional groups attached to an aromatic ring is 1. The molecular formula is C37H40N8O. The zero-order chi connectivity index (χ0) is 31.4. The normalized spacial score (nSPS) is 19.6. The summed E-state index contributed by atoms with van der Waals surface area (Å²) in [5.41, 5.74) is 16.2. The number of fused-ring (bicyclic) bond motifs is 4. The van der Waals surface area contributed by atoms with E-state index in [-0.39, 0.29) is 12.0 Å². The van der Waals surface area contributed by atoms with E-state index in [9.17, 15) is 4.79 Å². The minimum absolute atomic E-state index is 0.108. The third kappa shape index (κ3) is 5.19. The number of nitrogens with zero attached hydrogens (tertiary/aromatic N) is 5. The van der Waals surface area contributed by atoms with E-state index in [0.29, 0.717) is 37.2 Å². The molecule has 0 radical (unpaired) electrons. The van der Waals surface area contributed by atoms with Crippen LogP contribution in [0.3, 0.4) is 0 Å². The second-order valence-corrected chi connectivity index (χ2v) is 13.1. The molecule has 46 heavy (non-hydrogen) atoms. The Morgan fingerprint density at radius 3 is 2.37 bits per heavy atom. The first kappa shape index (κ1) is 28.7. The monoisotopic (exact) mass is 612 g/mol. The number of H-pyrrole nitrogens is 1. The van der Waals surface area contributed by atoms with Gasteiger partial charge in [0.2, 0.25) is 5.95 Å². The summed E-state index contributed by atoms with van der Waals surface area (Å²) in [7, 11) is 2.24. The van der Waals surface area contributed by atoms with Gasteiger partial charge in [0.15, 0.2) is 0 Å². The van der Waals surface area contributed by atoms with Gasteiger partial charge in [-0.05, 0) is 66.3 Å². The maximum absolute atomic E-state index is 13.4. The molecule has 234 valence electrons. The number of rotatable bonds is 6. The van der Waals surface area contributed by atoms with Crippen molar-refractivity contribution in [3.05, 3.63) is 95.1 Å². The Hall–Kier alpha value is -4.73. The second kappa shape index (κ2) is 11.6. The fraction of sp³-hybridized carbons (Fsp3) is 0.324. The molecule has 2 saturated heterocycles. The number of anilines is 2. The minimum atomic E-state index is -0.108. The highest BCUT2D eigenvalue weighted by molar-refractivity contribution is 5.98. The van der Waals surface area contributed by atoms with Crippen LogP contribution in [-0.4, -0.2) is 67.9 Å². The van der Waals surface area contributed by atoms with Crippen LogP contribution in [0.1, 0.15) is 42.0 Å². The van der Waals surface area contributed by atoms with Gasteiger partial charge in [-0.1, -0.05) is 67.6 Å². The zero-order valence-electron chi connectivity index (χ0n) is 26.5. The molecule has 5 aromatic rings. The highest BCUT2D eigenvalue weighted by Crippen LogP contribution is 2.36. The first-order chi connectivity index (χ1) is 22.4. The van der Waals surface area contributed by atoms with E-state index in [4.69, 9.17) is 10.7 Å². The number of hydrogen-bond donors (Lipinski definition) is 3. The molecule has 0 saturated carbocycles. The topological polar surface area (TPSA) is 106 Å². The van der Waals surface area contributed by atoms with Gasteiger partial charge in [0.05, 0.1) is 5.69 Å². The molecule has 2 unspecified atom stereocenters. The average Bonchev–Trinajstić information content (AvgIpc) is 3.75. The van der Waals surface area contributed by atoms with Crippen LogP contribution < -0.4 is 11.1 Å². The number of hydrogen-bond acceptors (Lipinski definition) is 6. The van der Waals surface area contributed by atoms with Gasteiger partial charge in [-0.3, -0.25) is 4.90 Å². The van der Waals surface area contributed by atoms with Crippen molar-refractivity contribution in [2.45, 2.75) is 57.9 Å². The number of benzene rings is 3. The quantitative estimate of drug-likeness (QED) is 0.209. The lowest BCUT2D eigenvalue weighted by atomic mass is 9.98. The third-order valence-corrected chi connectivity index (χ3v) is 10.1. The molecule has 9 nitrogen and oxygen atoms in total. The average molecular weight is 613 g/mol. The van der Waals surface area contributed by atoms with E-state index in [1.54, 1.807) is 0 Å². The van der Waals surface area contributed by atoms with Gasteiger partial charge < -0.3 is 25.8 Å². The van der Waals surface area contributed by atoms with E-state index in [2.05, 4.69) is 81.5 Å². The van der Waals surface area contributed by atoms with Gasteiger partial charge in [0.1, 0.15) is 5.65 Å². The number of nitrogens with two attached hydrogens (primary N) is 1. The van der Waals surface area contributed by atoms with E-state index in [0.717, 1.165) is 45.7 Å². The lowest BCUT2D eigenvalue weighted by molar-refractivity contribution is 0.0760. The van der Waals surface area contributed by atoms with Crippen molar-refractivity contribution in [3.63, 3.8) is 0 Å². The van der Waals surface area contributed by atoms with E-state index < -0.39 is 0 Å². The highest BCUT2D eigenvalue weighted by Gasteiger charge is 2.38. The van der Waals surface area contributed by atoms with E-state index in [1.807, 2.05) is 35.2 Å². The first-order valence-electron chi connectivity index (χ1n) is 16.4. The number of likely N-dealkylation sites (N-methyl/N-ethyl adjacent to an activating group) is 1. The summed E-state index contributed by atoms with van der Waals surface area (Å²) in [6.45, 7) is 6.64. The van der Waals surface area contributed by atoms with Crippen LogP contribution in [0.4, 0.5) is 16.4 Å². The highest BCUT2D eigenvalue weighted by atomic mass is 16.2. The number of aromatic nitrogens is 3. The van der Waals surface area contributed by atoms with Crippen molar-refractivity contribution in [2.75, 3.05) is 31.2 Å². The summed E-state index contributed by atoms with van der Waals surface area (Å²) in [6, 6.07) is 26.4. The molecule has 2 atom stereocenters. The van der Waals surface area contributed by atoms with Crippen molar-refractivity contribution in [1.29, 1.82) is 0 Å². The molecule has 3 aliphatic rings. The third-order valence-electron chi connectivity index (χ3n) is 10.1. The summed E-state index contributed by atoms with van der Waals surface area (Å²) in [5, 5.41) is 4.09. The SMILES string of the molecule is CCc1c(NC(=O)N2Cc3ccccc3C2)cccc1-c1nc(N)nc2[nH]c(-c3ccc(CN4C5CCC4CN(C)C5)cc3)cc12. The van der Waals surface area contributed by atoms with E-state index in [1.165, 1.54) is 42.6 Å². The van der Waals surface area contributed by atoms with Crippen LogP contribution in [0.2, 0.25) is 0 Å². The fourth-order valence-electron chi connectivity index (χ4n) is 7.82. The van der Waals surface area contributed by atoms with E-state index >= 15 is 0 Å². The van der Waals surface area contributed by atoms with Crippen molar-refractivity contribution >= 4 is 28.7 Å². The van der Waals surface area contributed by atoms with Crippen LogP contribution >= 0.6 is 0 Å². The Kier molecular flexibility index (Phi) is 7.22. The molecule has 2 fully saturated rings. The standard InChI is InChI=1S/C37H40N8O/c1-3-29-30(9-6-10-32(29)40-37(46)44-19-25-7-4-5-8-26(25)20-44)34-31-17-33(39-35(31)42-36(38)41-34)24-13-11-23(12-14-24)18-45-27-15-16-28(45)22-43(2)21-27/h4-14,17,27-28H,3,15-16,18-22H2,1-2H3,(H,40,46)(H3,38,39,41,42). The number of carbonyl (C=O) groups is 1. The van der Waals surface area contributed by atoms with Crippen LogP contribution in [0, 0.1) is 0 Å². The van der Waals surface area contributed by atoms with Crippen molar-refractivity contribution in [3.8, 4) is 22.5 Å². The Labute approximate surface area is 269 Å². The van der Waals surface area contributed by atoms with Crippen LogP contribution in [0.25, 0.3) is 33.5 Å². The van der Waals surface area contributed by atoms with Gasteiger partial charge in [-0.2, -0.15) is 4.98 Å². The van der Waals surface area contributed by atoms with Gasteiger partial charge in [-0.25, -0.2) is 9.78 Å². The minimum Gasteiger partial charge on any atom is -0.368 e. The Morgan fingerprint density at radius 2 is 1.67 bits per heavy atom. The number of carbonyl (C=O) groups excluding carboxylic acids is 1. The smallest absolute Gasteiger partial charge is 0.322 e.